The van der Waals surface area contributed by atoms with E-state index in [1.165, 1.54) is 10.9 Å². The zero-order valence-corrected chi connectivity index (χ0v) is 18.8. The molecule has 0 saturated carbocycles. The Bertz CT molecular complexity index is 1340. The Hall–Kier alpha value is -3.63. The maximum absolute atomic E-state index is 12.8. The Balaban J connectivity index is 1.53. The molecule has 4 rings (SSSR count). The number of H-pyrrole nitrogens is 1. The molecule has 0 unspecified atom stereocenters. The molecule has 32 heavy (non-hydrogen) atoms. The van der Waals surface area contributed by atoms with E-state index in [2.05, 4.69) is 31.0 Å². The normalized spacial score (nSPS) is 10.9. The first-order valence-electron chi connectivity index (χ1n) is 9.38. The van der Waals surface area contributed by atoms with E-state index in [1.54, 1.807) is 49.2 Å². The van der Waals surface area contributed by atoms with Crippen molar-refractivity contribution >= 4 is 46.4 Å². The van der Waals surface area contributed by atoms with Crippen LogP contribution in [-0.2, 0) is 14.1 Å². The second-order valence-electron chi connectivity index (χ2n) is 7.00. The standard InChI is InChI=1S/C20H18Cl2N8O2/c1-10-16(8-23-29(10)2)25-20(32)18-17(9-24-30(18)3)26-19(31)15-7-14(27-28-15)11-4-5-12(21)13(22)6-11/h4-9H,1-3H3,(H,25,32)(H,26,31)(H,27,28). The lowest BCUT2D eigenvalue weighted by molar-refractivity contribution is 0.101. The number of anilines is 2. The number of hydrogen-bond donors (Lipinski definition) is 3. The van der Waals surface area contributed by atoms with Crippen molar-refractivity contribution < 1.29 is 9.59 Å². The van der Waals surface area contributed by atoms with Gasteiger partial charge in [-0.25, -0.2) is 0 Å². The van der Waals surface area contributed by atoms with E-state index in [-0.39, 0.29) is 17.1 Å². The lowest BCUT2D eigenvalue weighted by Crippen LogP contribution is -2.20. The Morgan fingerprint density at radius 3 is 2.31 bits per heavy atom. The highest BCUT2D eigenvalue weighted by atomic mass is 35.5. The van der Waals surface area contributed by atoms with Gasteiger partial charge in [-0.2, -0.15) is 15.3 Å². The van der Waals surface area contributed by atoms with Gasteiger partial charge >= 0.3 is 0 Å². The fourth-order valence-corrected chi connectivity index (χ4v) is 3.33. The largest absolute Gasteiger partial charge is 0.318 e. The molecule has 0 bridgehead atoms. The van der Waals surface area contributed by atoms with Crippen LogP contribution in [0.1, 0.15) is 26.7 Å². The molecule has 0 aliphatic heterocycles. The fourth-order valence-electron chi connectivity index (χ4n) is 3.03. The van der Waals surface area contributed by atoms with Gasteiger partial charge < -0.3 is 10.6 Å². The molecule has 3 N–H and O–H groups in total. The van der Waals surface area contributed by atoms with Gasteiger partial charge in [0.25, 0.3) is 11.8 Å². The summed E-state index contributed by atoms with van der Waals surface area (Å²) in [7, 11) is 3.39. The third-order valence-electron chi connectivity index (χ3n) is 4.92. The topological polar surface area (TPSA) is 123 Å². The number of nitrogens with zero attached hydrogens (tertiary/aromatic N) is 5. The summed E-state index contributed by atoms with van der Waals surface area (Å²) in [5.74, 6) is -0.916. The zero-order chi connectivity index (χ0) is 23.0. The Labute approximate surface area is 192 Å². The number of aromatic nitrogens is 6. The van der Waals surface area contributed by atoms with E-state index < -0.39 is 11.8 Å². The van der Waals surface area contributed by atoms with Crippen LogP contribution in [0.4, 0.5) is 11.4 Å². The van der Waals surface area contributed by atoms with E-state index in [0.717, 1.165) is 5.69 Å². The van der Waals surface area contributed by atoms with Gasteiger partial charge in [0.1, 0.15) is 11.4 Å². The number of halogens is 2. The van der Waals surface area contributed by atoms with Crippen molar-refractivity contribution in [3.05, 3.63) is 63.8 Å². The van der Waals surface area contributed by atoms with Gasteiger partial charge in [-0.05, 0) is 25.1 Å². The first-order valence-corrected chi connectivity index (χ1v) is 10.1. The Morgan fingerprint density at radius 1 is 0.938 bits per heavy atom. The smallest absolute Gasteiger partial charge is 0.276 e. The zero-order valence-electron chi connectivity index (χ0n) is 17.3. The number of rotatable bonds is 5. The summed E-state index contributed by atoms with van der Waals surface area (Å²) in [4.78, 5) is 25.6. The molecule has 0 spiro atoms. The number of benzene rings is 1. The molecule has 4 aromatic rings. The predicted molar refractivity (Wildman–Crippen MR) is 121 cm³/mol. The summed E-state index contributed by atoms with van der Waals surface area (Å²) in [6.45, 7) is 1.83. The molecular formula is C20H18Cl2N8O2. The van der Waals surface area contributed by atoms with Gasteiger partial charge in [0, 0.05) is 19.7 Å². The summed E-state index contributed by atoms with van der Waals surface area (Å²) in [5, 5.41) is 21.3. The molecule has 12 heteroatoms. The summed E-state index contributed by atoms with van der Waals surface area (Å²) >= 11 is 12.0. The number of hydrogen-bond acceptors (Lipinski definition) is 5. The second kappa shape index (κ2) is 8.48. The highest BCUT2D eigenvalue weighted by Gasteiger charge is 2.21. The number of amides is 2. The molecule has 10 nitrogen and oxygen atoms in total. The molecule has 3 heterocycles. The summed E-state index contributed by atoms with van der Waals surface area (Å²) in [6.07, 6.45) is 2.95. The summed E-state index contributed by atoms with van der Waals surface area (Å²) < 4.78 is 3.02. The van der Waals surface area contributed by atoms with Gasteiger partial charge in [-0.1, -0.05) is 29.3 Å². The molecule has 1 aromatic carbocycles. The van der Waals surface area contributed by atoms with E-state index >= 15 is 0 Å². The molecule has 0 radical (unpaired) electrons. The molecule has 3 aromatic heterocycles. The minimum Gasteiger partial charge on any atom is -0.318 e. The summed E-state index contributed by atoms with van der Waals surface area (Å²) in [6, 6.07) is 6.63. The first kappa shape index (κ1) is 21.6. The number of carbonyl (C=O) groups is 2. The van der Waals surface area contributed by atoms with E-state index in [4.69, 9.17) is 23.2 Å². The van der Waals surface area contributed by atoms with Gasteiger partial charge in [-0.15, -0.1) is 0 Å². The molecule has 0 atom stereocenters. The van der Waals surface area contributed by atoms with Crippen LogP contribution in [0, 0.1) is 6.92 Å². The SMILES string of the molecule is Cc1c(NC(=O)c2c(NC(=O)c3cc(-c4ccc(Cl)c(Cl)c4)n[nH]3)cnn2C)cnn1C. The van der Waals surface area contributed by atoms with Gasteiger partial charge in [0.15, 0.2) is 0 Å². The van der Waals surface area contributed by atoms with Crippen LogP contribution >= 0.6 is 23.2 Å². The minimum absolute atomic E-state index is 0.186. The summed E-state index contributed by atoms with van der Waals surface area (Å²) in [5.41, 5.74) is 3.21. The Kier molecular flexibility index (Phi) is 5.72. The van der Waals surface area contributed by atoms with E-state index in [0.29, 0.717) is 27.0 Å². The van der Waals surface area contributed by atoms with Gasteiger partial charge in [0.05, 0.1) is 45.2 Å². The molecule has 2 amide bonds. The van der Waals surface area contributed by atoms with Crippen molar-refractivity contribution in [1.82, 2.24) is 29.8 Å². The van der Waals surface area contributed by atoms with Gasteiger partial charge in [-0.3, -0.25) is 24.1 Å². The van der Waals surface area contributed by atoms with Crippen molar-refractivity contribution in [2.24, 2.45) is 14.1 Å². The number of nitrogens with one attached hydrogen (secondary N) is 3. The van der Waals surface area contributed by atoms with Gasteiger partial charge in [0.2, 0.25) is 0 Å². The van der Waals surface area contributed by atoms with E-state index in [1.807, 2.05) is 6.92 Å². The maximum Gasteiger partial charge on any atom is 0.276 e. The van der Waals surface area contributed by atoms with Crippen molar-refractivity contribution in [3.8, 4) is 11.3 Å². The minimum atomic E-state index is -0.483. The van der Waals surface area contributed by atoms with Crippen molar-refractivity contribution in [1.29, 1.82) is 0 Å². The molecular weight excluding hydrogens is 455 g/mol. The third kappa shape index (κ3) is 4.10. The van der Waals surface area contributed by atoms with Crippen molar-refractivity contribution in [2.45, 2.75) is 6.92 Å². The quantitative estimate of drug-likeness (QED) is 0.408. The third-order valence-corrected chi connectivity index (χ3v) is 5.66. The molecule has 164 valence electrons. The predicted octanol–water partition coefficient (Wildman–Crippen LogP) is 3.66. The molecule has 0 saturated heterocycles. The average Bonchev–Trinajstić information content (AvgIpc) is 3.46. The van der Waals surface area contributed by atoms with Crippen LogP contribution < -0.4 is 10.6 Å². The van der Waals surface area contributed by atoms with Crippen LogP contribution in [0.2, 0.25) is 10.0 Å². The monoisotopic (exact) mass is 472 g/mol. The van der Waals surface area contributed by atoms with Crippen LogP contribution in [-0.4, -0.2) is 41.6 Å². The maximum atomic E-state index is 12.8. The van der Waals surface area contributed by atoms with E-state index in [9.17, 15) is 9.59 Å². The first-order chi connectivity index (χ1) is 15.2. The van der Waals surface area contributed by atoms with Crippen LogP contribution in [0.5, 0.6) is 0 Å². The molecule has 0 fully saturated rings. The molecule has 0 aliphatic carbocycles. The second-order valence-corrected chi connectivity index (χ2v) is 7.82. The van der Waals surface area contributed by atoms with Crippen LogP contribution in [0.3, 0.4) is 0 Å². The number of aromatic amines is 1. The van der Waals surface area contributed by atoms with Crippen molar-refractivity contribution in [3.63, 3.8) is 0 Å². The van der Waals surface area contributed by atoms with Crippen LogP contribution in [0.15, 0.2) is 36.7 Å². The highest BCUT2D eigenvalue weighted by molar-refractivity contribution is 6.42. The lowest BCUT2D eigenvalue weighted by atomic mass is 10.1. The highest BCUT2D eigenvalue weighted by Crippen LogP contribution is 2.28. The fraction of sp³-hybridized carbons (Fsp3) is 0.150. The number of aryl methyl sites for hydroxylation is 2. The van der Waals surface area contributed by atoms with Crippen molar-refractivity contribution in [2.75, 3.05) is 10.6 Å². The lowest BCUT2D eigenvalue weighted by Gasteiger charge is -2.08. The molecule has 0 aliphatic rings. The van der Waals surface area contributed by atoms with Crippen LogP contribution in [0.25, 0.3) is 11.3 Å². The average molecular weight is 473 g/mol. The Morgan fingerprint density at radius 2 is 1.62 bits per heavy atom. The number of carbonyl (C=O) groups excluding carboxylic acids is 2.